The maximum atomic E-state index is 12.0. The smallest absolute Gasteiger partial charge is 0.241 e. The number of hydrazine groups is 1. The number of hydrazone groups is 1. The Morgan fingerprint density at radius 2 is 1.96 bits per heavy atom. The number of benzene rings is 1. The van der Waals surface area contributed by atoms with Gasteiger partial charge in [-0.25, -0.2) is 24.1 Å². The lowest BCUT2D eigenvalue weighted by atomic mass is 10.1. The fraction of sp³-hybridized carbons (Fsp3) is 0.467. The van der Waals surface area contributed by atoms with Gasteiger partial charge >= 0.3 is 0 Å². The predicted octanol–water partition coefficient (Wildman–Crippen LogP) is -1.18. The van der Waals surface area contributed by atoms with Crippen LogP contribution in [0.4, 0.5) is 0 Å². The summed E-state index contributed by atoms with van der Waals surface area (Å²) in [6.07, 6.45) is 3.09. The van der Waals surface area contributed by atoms with E-state index in [1.165, 1.54) is 29.4 Å². The molecule has 144 valence electrons. The van der Waals surface area contributed by atoms with Crippen LogP contribution in [-0.4, -0.2) is 51.1 Å². The molecule has 1 fully saturated rings. The van der Waals surface area contributed by atoms with E-state index in [4.69, 9.17) is 22.0 Å². The minimum atomic E-state index is -3.82. The molecule has 0 spiro atoms. The van der Waals surface area contributed by atoms with Crippen LogP contribution in [0.3, 0.4) is 0 Å². The molecule has 1 aromatic carbocycles. The third-order valence-electron chi connectivity index (χ3n) is 3.80. The van der Waals surface area contributed by atoms with Crippen molar-refractivity contribution >= 4 is 21.8 Å². The van der Waals surface area contributed by atoms with Crippen LogP contribution < -0.4 is 22.0 Å². The number of hydrogen-bond donors (Lipinski definition) is 4. The number of amidine groups is 1. The number of amides is 1. The normalized spacial score (nSPS) is 18.5. The van der Waals surface area contributed by atoms with E-state index in [1.54, 1.807) is 0 Å². The Bertz CT molecular complexity index is 744. The molecule has 1 aliphatic heterocycles. The van der Waals surface area contributed by atoms with Gasteiger partial charge in [-0.2, -0.15) is 0 Å². The predicted molar refractivity (Wildman–Crippen MR) is 96.0 cm³/mol. The average molecular weight is 384 g/mol. The van der Waals surface area contributed by atoms with Gasteiger partial charge in [0.25, 0.3) is 0 Å². The molecule has 0 aromatic heterocycles. The topological polar surface area (TPSA) is 166 Å². The molecule has 7 N–H and O–H groups in total. The molecule has 0 bridgehead atoms. The number of hydrogen-bond acceptors (Lipinski definition) is 7. The van der Waals surface area contributed by atoms with Crippen LogP contribution in [0, 0.1) is 0 Å². The minimum absolute atomic E-state index is 0.0180. The van der Waals surface area contributed by atoms with Crippen LogP contribution in [0.2, 0.25) is 0 Å². The Labute approximate surface area is 152 Å². The Morgan fingerprint density at radius 1 is 1.27 bits per heavy atom. The summed E-state index contributed by atoms with van der Waals surface area (Å²) in [7, 11) is -3.82. The van der Waals surface area contributed by atoms with Gasteiger partial charge in [-0.1, -0.05) is 0 Å². The van der Waals surface area contributed by atoms with Crippen LogP contribution >= 0.6 is 0 Å². The van der Waals surface area contributed by atoms with Gasteiger partial charge in [-0.05, 0) is 43.5 Å². The highest BCUT2D eigenvalue weighted by molar-refractivity contribution is 7.89. The van der Waals surface area contributed by atoms with E-state index in [2.05, 4.69) is 9.82 Å². The number of carbonyl (C=O) groups is 1. The van der Waals surface area contributed by atoms with Crippen LogP contribution in [0.25, 0.3) is 0 Å². The molecule has 1 amide bonds. The lowest BCUT2D eigenvalue weighted by Crippen LogP contribution is -2.38. The minimum Gasteiger partial charge on any atom is -0.382 e. The van der Waals surface area contributed by atoms with E-state index in [9.17, 15) is 13.2 Å². The molecule has 11 heteroatoms. The van der Waals surface area contributed by atoms with Crippen LogP contribution in [0.15, 0.2) is 34.3 Å². The molecule has 0 radical (unpaired) electrons. The standard InChI is InChI=1S/C15H24N6O4S/c16-14(22)9-19-26(23,24)13-6-4-11(5-7-13)15(17)20-21(18)10-12-3-1-2-8-25-12/h4-7,12,19H,1-3,8-10,18H2,(H2,16,22)(H2,17,20). The summed E-state index contributed by atoms with van der Waals surface area (Å²) in [4.78, 5) is 10.7. The monoisotopic (exact) mass is 384 g/mol. The molecule has 1 aromatic rings. The summed E-state index contributed by atoms with van der Waals surface area (Å²) in [5.41, 5.74) is 11.4. The number of nitrogens with zero attached hydrogens (tertiary/aromatic N) is 2. The third-order valence-corrected chi connectivity index (χ3v) is 5.21. The number of sulfonamides is 1. The van der Waals surface area contributed by atoms with E-state index < -0.39 is 22.5 Å². The number of primary amides is 1. The van der Waals surface area contributed by atoms with Gasteiger partial charge in [0, 0.05) is 12.2 Å². The zero-order chi connectivity index (χ0) is 19.2. The van der Waals surface area contributed by atoms with Crippen molar-refractivity contribution in [2.24, 2.45) is 22.4 Å². The number of ether oxygens (including phenoxy) is 1. The largest absolute Gasteiger partial charge is 0.382 e. The summed E-state index contributed by atoms with van der Waals surface area (Å²) in [5.74, 6) is 5.22. The Hall–Kier alpha value is -2.21. The highest BCUT2D eigenvalue weighted by Gasteiger charge is 2.17. The average Bonchev–Trinajstić information content (AvgIpc) is 2.61. The molecule has 1 saturated heterocycles. The molecule has 1 heterocycles. The highest BCUT2D eigenvalue weighted by atomic mass is 32.2. The van der Waals surface area contributed by atoms with Gasteiger partial charge in [0.1, 0.15) is 0 Å². The van der Waals surface area contributed by atoms with Crippen molar-refractivity contribution in [3.8, 4) is 0 Å². The van der Waals surface area contributed by atoms with Crippen LogP contribution in [0.5, 0.6) is 0 Å². The van der Waals surface area contributed by atoms with Crippen LogP contribution in [0.1, 0.15) is 24.8 Å². The molecule has 1 aliphatic rings. The number of rotatable bonds is 8. The Balaban J connectivity index is 2.00. The van der Waals surface area contributed by atoms with Crippen molar-refractivity contribution in [1.29, 1.82) is 0 Å². The molecule has 0 aliphatic carbocycles. The second-order valence-electron chi connectivity index (χ2n) is 5.91. The second-order valence-corrected chi connectivity index (χ2v) is 7.68. The first kappa shape index (κ1) is 20.1. The zero-order valence-corrected chi connectivity index (χ0v) is 15.1. The SMILES string of the molecule is NC(=O)CNS(=O)(=O)c1ccc(/C(N)=N/N(N)CC2CCCCO2)cc1. The maximum Gasteiger partial charge on any atom is 0.241 e. The lowest BCUT2D eigenvalue weighted by Gasteiger charge is -2.25. The van der Waals surface area contributed by atoms with E-state index in [-0.39, 0.29) is 16.8 Å². The molecule has 1 unspecified atom stereocenters. The van der Waals surface area contributed by atoms with Gasteiger partial charge in [0.15, 0.2) is 5.84 Å². The van der Waals surface area contributed by atoms with Crippen molar-refractivity contribution < 1.29 is 17.9 Å². The van der Waals surface area contributed by atoms with Crippen molar-refractivity contribution in [3.05, 3.63) is 29.8 Å². The molecule has 2 rings (SSSR count). The summed E-state index contributed by atoms with van der Waals surface area (Å²) in [5, 5.41) is 5.32. The van der Waals surface area contributed by atoms with E-state index in [1.807, 2.05) is 0 Å². The quantitative estimate of drug-likeness (QED) is 0.189. The van der Waals surface area contributed by atoms with Gasteiger partial charge in [-0.15, -0.1) is 5.10 Å². The summed E-state index contributed by atoms with van der Waals surface area (Å²) in [6.45, 7) is 0.667. The fourth-order valence-corrected chi connectivity index (χ4v) is 3.44. The highest BCUT2D eigenvalue weighted by Crippen LogP contribution is 2.14. The maximum absolute atomic E-state index is 12.0. The van der Waals surface area contributed by atoms with Gasteiger partial charge < -0.3 is 16.2 Å². The Morgan fingerprint density at radius 3 is 2.54 bits per heavy atom. The van der Waals surface area contributed by atoms with E-state index in [0.29, 0.717) is 12.1 Å². The van der Waals surface area contributed by atoms with Crippen molar-refractivity contribution in [3.63, 3.8) is 0 Å². The molecule has 1 atom stereocenters. The fourth-order valence-electron chi connectivity index (χ4n) is 2.45. The molecule has 26 heavy (non-hydrogen) atoms. The summed E-state index contributed by atoms with van der Waals surface area (Å²) < 4.78 is 31.7. The molecule has 10 nitrogen and oxygen atoms in total. The molecular weight excluding hydrogens is 360 g/mol. The number of nitrogens with one attached hydrogen (secondary N) is 1. The first-order chi connectivity index (χ1) is 12.3. The van der Waals surface area contributed by atoms with Crippen LogP contribution in [-0.2, 0) is 19.6 Å². The third kappa shape index (κ3) is 5.95. The van der Waals surface area contributed by atoms with E-state index in [0.717, 1.165) is 25.9 Å². The Kier molecular flexibility index (Phi) is 6.91. The van der Waals surface area contributed by atoms with Gasteiger partial charge in [0.2, 0.25) is 15.9 Å². The van der Waals surface area contributed by atoms with Gasteiger partial charge in [-0.3, -0.25) is 4.79 Å². The molecular formula is C15H24N6O4S. The molecule has 0 saturated carbocycles. The van der Waals surface area contributed by atoms with Crippen molar-refractivity contribution in [2.45, 2.75) is 30.3 Å². The van der Waals surface area contributed by atoms with E-state index >= 15 is 0 Å². The van der Waals surface area contributed by atoms with Crippen molar-refractivity contribution in [1.82, 2.24) is 9.84 Å². The lowest BCUT2D eigenvalue weighted by molar-refractivity contribution is -0.116. The second kappa shape index (κ2) is 8.94. The first-order valence-electron chi connectivity index (χ1n) is 8.14. The van der Waals surface area contributed by atoms with Crippen molar-refractivity contribution in [2.75, 3.05) is 19.7 Å². The summed E-state index contributed by atoms with van der Waals surface area (Å²) in [6, 6.07) is 5.71. The van der Waals surface area contributed by atoms with Gasteiger partial charge in [0.05, 0.1) is 24.1 Å². The number of carbonyl (C=O) groups excluding carboxylic acids is 1. The zero-order valence-electron chi connectivity index (χ0n) is 14.3. The number of nitrogens with two attached hydrogens (primary N) is 3. The summed E-state index contributed by atoms with van der Waals surface area (Å²) >= 11 is 0. The first-order valence-corrected chi connectivity index (χ1v) is 9.62.